The van der Waals surface area contributed by atoms with E-state index in [0.717, 1.165) is 15.8 Å². The number of nitrogens with one attached hydrogen (secondary N) is 1. The van der Waals surface area contributed by atoms with Gasteiger partial charge < -0.3 is 4.74 Å². The van der Waals surface area contributed by atoms with E-state index in [1.54, 1.807) is 26.2 Å². The molecule has 0 fully saturated rings. The van der Waals surface area contributed by atoms with Crippen LogP contribution in [0, 0.1) is 13.8 Å². The lowest BCUT2D eigenvalue weighted by atomic mass is 10.1. The number of methoxy groups -OCH3 is 1. The largest absolute Gasteiger partial charge is 0.496 e. The van der Waals surface area contributed by atoms with Gasteiger partial charge in [-0.25, -0.2) is 13.4 Å². The van der Waals surface area contributed by atoms with Crippen molar-refractivity contribution >= 4 is 36.7 Å². The first-order chi connectivity index (χ1) is 10.9. The molecule has 1 N–H and O–H groups in total. The molecular weight excluding hydrogens is 332 g/mol. The molecule has 0 aliphatic rings. The molecule has 0 bridgehead atoms. The number of benzene rings is 2. The Kier molecular flexibility index (Phi) is 3.99. The Balaban J connectivity index is 2.00. The van der Waals surface area contributed by atoms with E-state index < -0.39 is 10.0 Å². The van der Waals surface area contributed by atoms with Gasteiger partial charge in [-0.05, 0) is 49.2 Å². The molecule has 0 aliphatic carbocycles. The Morgan fingerprint density at radius 2 is 1.83 bits per heavy atom. The Bertz CT molecular complexity index is 945. The SMILES string of the molecule is COc1ccc(S(=O)(=O)Nc2nc3ccccc3s2)c(C)c1C. The van der Waals surface area contributed by atoms with Gasteiger partial charge in [-0.2, -0.15) is 0 Å². The molecule has 0 saturated carbocycles. The van der Waals surface area contributed by atoms with E-state index >= 15 is 0 Å². The smallest absolute Gasteiger partial charge is 0.263 e. The van der Waals surface area contributed by atoms with Crippen molar-refractivity contribution in [3.05, 3.63) is 47.5 Å². The van der Waals surface area contributed by atoms with Gasteiger partial charge >= 0.3 is 0 Å². The van der Waals surface area contributed by atoms with Gasteiger partial charge in [0.15, 0.2) is 5.13 Å². The van der Waals surface area contributed by atoms with Crippen LogP contribution in [-0.2, 0) is 10.0 Å². The molecule has 0 saturated heterocycles. The Morgan fingerprint density at radius 1 is 1.09 bits per heavy atom. The molecule has 0 amide bonds. The van der Waals surface area contributed by atoms with Crippen molar-refractivity contribution in [2.45, 2.75) is 18.7 Å². The van der Waals surface area contributed by atoms with Crippen molar-refractivity contribution in [3.8, 4) is 5.75 Å². The number of thiazole rings is 1. The second-order valence-electron chi connectivity index (χ2n) is 5.11. The lowest BCUT2D eigenvalue weighted by Crippen LogP contribution is -2.14. The number of anilines is 1. The number of aromatic nitrogens is 1. The zero-order valence-corrected chi connectivity index (χ0v) is 14.6. The Labute approximate surface area is 139 Å². The van der Waals surface area contributed by atoms with E-state index in [2.05, 4.69) is 9.71 Å². The van der Waals surface area contributed by atoms with E-state index in [-0.39, 0.29) is 4.90 Å². The maximum absolute atomic E-state index is 12.7. The highest BCUT2D eigenvalue weighted by molar-refractivity contribution is 7.93. The van der Waals surface area contributed by atoms with Crippen molar-refractivity contribution in [2.24, 2.45) is 0 Å². The first-order valence-corrected chi connectivity index (χ1v) is 9.25. The van der Waals surface area contributed by atoms with Crippen LogP contribution in [-0.4, -0.2) is 20.5 Å². The van der Waals surface area contributed by atoms with E-state index in [1.807, 2.05) is 31.2 Å². The minimum absolute atomic E-state index is 0.232. The second-order valence-corrected chi connectivity index (χ2v) is 7.79. The standard InChI is InChI=1S/C16H16N2O3S2/c1-10-11(2)15(9-8-13(10)21-3)23(19,20)18-16-17-12-6-4-5-7-14(12)22-16/h4-9H,1-3H3,(H,17,18). The molecule has 1 heterocycles. The molecule has 0 radical (unpaired) electrons. The summed E-state index contributed by atoms with van der Waals surface area (Å²) in [5.74, 6) is 0.668. The average molecular weight is 348 g/mol. The molecule has 120 valence electrons. The third-order valence-corrected chi connectivity index (χ3v) is 6.28. The first-order valence-electron chi connectivity index (χ1n) is 6.95. The number of hydrogen-bond acceptors (Lipinski definition) is 5. The number of hydrogen-bond donors (Lipinski definition) is 1. The predicted molar refractivity (Wildman–Crippen MR) is 92.9 cm³/mol. The Morgan fingerprint density at radius 3 is 2.52 bits per heavy atom. The summed E-state index contributed by atoms with van der Waals surface area (Å²) in [5, 5.41) is 0.360. The molecule has 1 aromatic heterocycles. The number of fused-ring (bicyclic) bond motifs is 1. The summed E-state index contributed by atoms with van der Waals surface area (Å²) in [7, 11) is -2.13. The van der Waals surface area contributed by atoms with E-state index in [0.29, 0.717) is 16.4 Å². The van der Waals surface area contributed by atoms with Crippen LogP contribution in [0.3, 0.4) is 0 Å². The van der Waals surface area contributed by atoms with Crippen LogP contribution in [0.25, 0.3) is 10.2 Å². The first kappa shape index (κ1) is 15.8. The molecular formula is C16H16N2O3S2. The van der Waals surface area contributed by atoms with Crippen molar-refractivity contribution in [1.82, 2.24) is 4.98 Å². The number of nitrogens with zero attached hydrogens (tertiary/aromatic N) is 1. The van der Waals surface area contributed by atoms with E-state index in [4.69, 9.17) is 4.74 Å². The van der Waals surface area contributed by atoms with Crippen LogP contribution in [0.5, 0.6) is 5.75 Å². The fourth-order valence-corrected chi connectivity index (χ4v) is 4.77. The molecule has 0 aliphatic heterocycles. The summed E-state index contributed by atoms with van der Waals surface area (Å²) in [6.07, 6.45) is 0. The summed E-state index contributed by atoms with van der Waals surface area (Å²) in [5.41, 5.74) is 2.25. The summed E-state index contributed by atoms with van der Waals surface area (Å²) in [6, 6.07) is 10.7. The monoisotopic (exact) mass is 348 g/mol. The lowest BCUT2D eigenvalue weighted by Gasteiger charge is -2.13. The third-order valence-electron chi connectivity index (χ3n) is 3.71. The second kappa shape index (κ2) is 5.82. The van der Waals surface area contributed by atoms with Crippen molar-refractivity contribution < 1.29 is 13.2 Å². The molecule has 2 aromatic carbocycles. The molecule has 0 unspecified atom stereocenters. The van der Waals surface area contributed by atoms with E-state index in [9.17, 15) is 8.42 Å². The molecule has 3 rings (SSSR count). The van der Waals surface area contributed by atoms with Crippen molar-refractivity contribution in [3.63, 3.8) is 0 Å². The van der Waals surface area contributed by atoms with Gasteiger partial charge in [0, 0.05) is 0 Å². The van der Waals surface area contributed by atoms with Crippen LogP contribution in [0.1, 0.15) is 11.1 Å². The molecule has 3 aromatic rings. The molecule has 0 spiro atoms. The maximum atomic E-state index is 12.7. The van der Waals surface area contributed by atoms with Gasteiger partial charge in [0.25, 0.3) is 10.0 Å². The summed E-state index contributed by atoms with van der Waals surface area (Å²) >= 11 is 1.31. The van der Waals surface area contributed by atoms with E-state index in [1.165, 1.54) is 11.3 Å². The number of para-hydroxylation sites is 1. The molecule has 0 atom stereocenters. The zero-order valence-electron chi connectivity index (χ0n) is 13.0. The minimum atomic E-state index is -3.70. The molecule has 5 nitrogen and oxygen atoms in total. The van der Waals surface area contributed by atoms with Crippen LogP contribution in [0.15, 0.2) is 41.3 Å². The highest BCUT2D eigenvalue weighted by Gasteiger charge is 2.21. The van der Waals surface area contributed by atoms with Gasteiger partial charge in [-0.3, -0.25) is 4.72 Å². The summed E-state index contributed by atoms with van der Waals surface area (Å²) < 4.78 is 34.1. The van der Waals surface area contributed by atoms with Gasteiger partial charge in [0.2, 0.25) is 0 Å². The minimum Gasteiger partial charge on any atom is -0.496 e. The molecule has 23 heavy (non-hydrogen) atoms. The number of rotatable bonds is 4. The molecule has 7 heteroatoms. The Hall–Kier alpha value is -2.12. The van der Waals surface area contributed by atoms with Crippen LogP contribution < -0.4 is 9.46 Å². The predicted octanol–water partition coefficient (Wildman–Crippen LogP) is 3.72. The third kappa shape index (κ3) is 2.89. The van der Waals surface area contributed by atoms with Crippen molar-refractivity contribution in [1.29, 1.82) is 0 Å². The summed E-state index contributed by atoms with van der Waals surface area (Å²) in [6.45, 7) is 3.61. The maximum Gasteiger partial charge on any atom is 0.263 e. The van der Waals surface area contributed by atoms with Crippen LogP contribution in [0.4, 0.5) is 5.13 Å². The lowest BCUT2D eigenvalue weighted by molar-refractivity contribution is 0.411. The fourth-order valence-electron chi connectivity index (χ4n) is 2.37. The van der Waals surface area contributed by atoms with Crippen molar-refractivity contribution in [2.75, 3.05) is 11.8 Å². The van der Waals surface area contributed by atoms with Gasteiger partial charge in [-0.1, -0.05) is 23.5 Å². The van der Waals surface area contributed by atoms with Crippen LogP contribution in [0.2, 0.25) is 0 Å². The van der Waals surface area contributed by atoms with Gasteiger partial charge in [0.1, 0.15) is 5.75 Å². The number of sulfonamides is 1. The van der Waals surface area contributed by atoms with Gasteiger partial charge in [0.05, 0.1) is 22.2 Å². The fraction of sp³-hybridized carbons (Fsp3) is 0.188. The average Bonchev–Trinajstić information content (AvgIpc) is 2.90. The highest BCUT2D eigenvalue weighted by Crippen LogP contribution is 2.30. The summed E-state index contributed by atoms with van der Waals surface area (Å²) in [4.78, 5) is 4.54. The quantitative estimate of drug-likeness (QED) is 0.780. The van der Waals surface area contributed by atoms with Crippen LogP contribution >= 0.6 is 11.3 Å². The topological polar surface area (TPSA) is 68.3 Å². The highest BCUT2D eigenvalue weighted by atomic mass is 32.2. The normalized spacial score (nSPS) is 11.6. The van der Waals surface area contributed by atoms with Gasteiger partial charge in [-0.15, -0.1) is 0 Å². The zero-order chi connectivity index (χ0) is 16.6. The number of ether oxygens (including phenoxy) is 1.